The summed E-state index contributed by atoms with van der Waals surface area (Å²) in [4.78, 5) is 29.3. The zero-order valence-corrected chi connectivity index (χ0v) is 14.9. The second kappa shape index (κ2) is 5.45. The molecule has 4 nitrogen and oxygen atoms in total. The Morgan fingerprint density at radius 3 is 2.75 bits per heavy atom. The zero-order valence-electron chi connectivity index (χ0n) is 13.3. The summed E-state index contributed by atoms with van der Waals surface area (Å²) in [6.07, 6.45) is 0.674. The van der Waals surface area contributed by atoms with Crippen LogP contribution in [-0.4, -0.2) is 36.9 Å². The van der Waals surface area contributed by atoms with Gasteiger partial charge in [0.15, 0.2) is 0 Å². The number of carbonyl (C=O) groups is 2. The maximum atomic E-state index is 12.9. The zero-order chi connectivity index (χ0) is 16.9. The van der Waals surface area contributed by atoms with Gasteiger partial charge in [-0.15, -0.1) is 0 Å². The van der Waals surface area contributed by atoms with Crippen LogP contribution in [0.15, 0.2) is 53.0 Å². The van der Waals surface area contributed by atoms with E-state index in [2.05, 4.69) is 15.9 Å². The summed E-state index contributed by atoms with van der Waals surface area (Å²) in [5.74, 6) is 0.0706. The van der Waals surface area contributed by atoms with Gasteiger partial charge >= 0.3 is 0 Å². The molecule has 2 amide bonds. The Labute approximate surface area is 149 Å². The molecule has 0 saturated carbocycles. The lowest BCUT2D eigenvalue weighted by molar-refractivity contribution is -0.122. The number of carbonyl (C=O) groups excluding carboxylic acids is 2. The molecule has 4 rings (SSSR count). The first-order valence-electron chi connectivity index (χ1n) is 7.95. The third-order valence-corrected chi connectivity index (χ3v) is 5.62. The highest BCUT2D eigenvalue weighted by Crippen LogP contribution is 2.46. The molecule has 0 unspecified atom stereocenters. The van der Waals surface area contributed by atoms with Gasteiger partial charge in [0.25, 0.3) is 5.91 Å². The molecule has 1 saturated heterocycles. The lowest BCUT2D eigenvalue weighted by atomic mass is 9.81. The number of hydrogen-bond donors (Lipinski definition) is 0. The van der Waals surface area contributed by atoms with Crippen molar-refractivity contribution in [3.8, 4) is 0 Å². The quantitative estimate of drug-likeness (QED) is 0.757. The minimum atomic E-state index is -0.590. The first-order chi connectivity index (χ1) is 11.5. The standard InChI is InChI=1S/C19H17BrN2O2/c1-21-16-8-3-2-7-15(16)19(18(21)24)9-10-22(12-19)17(23)13-5-4-6-14(20)11-13/h2-8,11H,9-10,12H2,1H3/t19-/m0/s1. The minimum absolute atomic E-state index is 0.0204. The third kappa shape index (κ3) is 2.11. The molecule has 1 spiro atoms. The van der Waals surface area contributed by atoms with Crippen LogP contribution in [0.3, 0.4) is 0 Å². The van der Waals surface area contributed by atoms with E-state index in [-0.39, 0.29) is 11.8 Å². The number of rotatable bonds is 1. The Balaban J connectivity index is 1.67. The van der Waals surface area contributed by atoms with E-state index in [0.29, 0.717) is 25.1 Å². The number of para-hydroxylation sites is 1. The number of fused-ring (bicyclic) bond motifs is 2. The molecule has 0 aliphatic carbocycles. The predicted octanol–water partition coefficient (Wildman–Crippen LogP) is 3.21. The largest absolute Gasteiger partial charge is 0.337 e. The molecule has 2 aromatic rings. The summed E-state index contributed by atoms with van der Waals surface area (Å²) in [6, 6.07) is 15.3. The van der Waals surface area contributed by atoms with Crippen LogP contribution < -0.4 is 4.90 Å². The van der Waals surface area contributed by atoms with Crippen LogP contribution in [-0.2, 0) is 10.2 Å². The lowest BCUT2D eigenvalue weighted by Crippen LogP contribution is -2.42. The van der Waals surface area contributed by atoms with Gasteiger partial charge in [-0.05, 0) is 36.2 Å². The Hall–Kier alpha value is -2.14. The van der Waals surface area contributed by atoms with Crippen LogP contribution in [0.5, 0.6) is 0 Å². The van der Waals surface area contributed by atoms with Crippen molar-refractivity contribution in [2.24, 2.45) is 0 Å². The molecule has 5 heteroatoms. The van der Waals surface area contributed by atoms with Gasteiger partial charge in [0.05, 0.1) is 5.41 Å². The number of likely N-dealkylation sites (tertiary alicyclic amines) is 1. The normalized spacial score (nSPS) is 22.3. The first kappa shape index (κ1) is 15.4. The van der Waals surface area contributed by atoms with Crippen molar-refractivity contribution in [1.82, 2.24) is 4.90 Å². The molecule has 2 aliphatic heterocycles. The fraction of sp³-hybridized carbons (Fsp3) is 0.263. The van der Waals surface area contributed by atoms with E-state index in [0.717, 1.165) is 15.7 Å². The molecule has 0 aromatic heterocycles. The van der Waals surface area contributed by atoms with E-state index in [1.54, 1.807) is 9.80 Å². The average Bonchev–Trinajstić information content (AvgIpc) is 3.13. The number of halogens is 1. The van der Waals surface area contributed by atoms with Crippen LogP contribution in [0.25, 0.3) is 0 Å². The molecule has 24 heavy (non-hydrogen) atoms. The van der Waals surface area contributed by atoms with E-state index in [1.165, 1.54) is 0 Å². The van der Waals surface area contributed by atoms with Crippen molar-refractivity contribution < 1.29 is 9.59 Å². The highest BCUT2D eigenvalue weighted by atomic mass is 79.9. The Kier molecular flexibility index (Phi) is 3.49. The van der Waals surface area contributed by atoms with Gasteiger partial charge in [0, 0.05) is 35.9 Å². The number of likely N-dealkylation sites (N-methyl/N-ethyl adjacent to an activating group) is 1. The molecule has 1 fully saturated rings. The smallest absolute Gasteiger partial charge is 0.253 e. The maximum absolute atomic E-state index is 12.9. The molecule has 2 aromatic carbocycles. The molecule has 0 bridgehead atoms. The van der Waals surface area contributed by atoms with Crippen LogP contribution in [0.4, 0.5) is 5.69 Å². The van der Waals surface area contributed by atoms with Crippen molar-refractivity contribution in [1.29, 1.82) is 0 Å². The van der Waals surface area contributed by atoms with Crippen LogP contribution >= 0.6 is 15.9 Å². The van der Waals surface area contributed by atoms with Gasteiger partial charge in [0.2, 0.25) is 5.91 Å². The van der Waals surface area contributed by atoms with Gasteiger partial charge in [-0.25, -0.2) is 0 Å². The van der Waals surface area contributed by atoms with Crippen molar-refractivity contribution >= 4 is 33.4 Å². The molecule has 2 aliphatic rings. The summed E-state index contributed by atoms with van der Waals surface area (Å²) >= 11 is 3.41. The second-order valence-electron chi connectivity index (χ2n) is 6.45. The monoisotopic (exact) mass is 384 g/mol. The highest BCUT2D eigenvalue weighted by Gasteiger charge is 2.54. The number of nitrogens with zero attached hydrogens (tertiary/aromatic N) is 2. The Bertz CT molecular complexity index is 851. The van der Waals surface area contributed by atoms with Gasteiger partial charge in [-0.1, -0.05) is 40.2 Å². The molecule has 1 atom stereocenters. The fourth-order valence-electron chi connectivity index (χ4n) is 3.90. The lowest BCUT2D eigenvalue weighted by Gasteiger charge is -2.23. The molecule has 0 radical (unpaired) electrons. The van der Waals surface area contributed by atoms with E-state index in [4.69, 9.17) is 0 Å². The molecular weight excluding hydrogens is 368 g/mol. The highest BCUT2D eigenvalue weighted by molar-refractivity contribution is 9.10. The SMILES string of the molecule is CN1C(=O)[C@]2(CCN(C(=O)c3cccc(Br)c3)C2)c2ccccc21. The van der Waals surface area contributed by atoms with Gasteiger partial charge in [-0.3, -0.25) is 9.59 Å². The summed E-state index contributed by atoms with van der Waals surface area (Å²) in [7, 11) is 1.81. The summed E-state index contributed by atoms with van der Waals surface area (Å²) in [5, 5.41) is 0. The fourth-order valence-corrected chi connectivity index (χ4v) is 4.30. The Morgan fingerprint density at radius 1 is 1.17 bits per heavy atom. The summed E-state index contributed by atoms with van der Waals surface area (Å²) in [6.45, 7) is 1.04. The number of anilines is 1. The van der Waals surface area contributed by atoms with E-state index in [1.807, 2.05) is 55.6 Å². The maximum Gasteiger partial charge on any atom is 0.253 e. The van der Waals surface area contributed by atoms with Crippen LogP contribution in [0.2, 0.25) is 0 Å². The van der Waals surface area contributed by atoms with Gasteiger partial charge < -0.3 is 9.80 Å². The molecule has 122 valence electrons. The average molecular weight is 385 g/mol. The third-order valence-electron chi connectivity index (χ3n) is 5.12. The molecule has 0 N–H and O–H groups in total. The minimum Gasteiger partial charge on any atom is -0.337 e. The second-order valence-corrected chi connectivity index (χ2v) is 7.37. The van der Waals surface area contributed by atoms with E-state index in [9.17, 15) is 9.59 Å². The summed E-state index contributed by atoms with van der Waals surface area (Å²) in [5.41, 5.74) is 2.06. The number of hydrogen-bond acceptors (Lipinski definition) is 2. The summed E-state index contributed by atoms with van der Waals surface area (Å²) < 4.78 is 0.879. The number of benzene rings is 2. The van der Waals surface area contributed by atoms with Crippen molar-refractivity contribution in [3.05, 3.63) is 64.1 Å². The molecule has 2 heterocycles. The number of amides is 2. The van der Waals surface area contributed by atoms with Crippen molar-refractivity contribution in [2.45, 2.75) is 11.8 Å². The topological polar surface area (TPSA) is 40.6 Å². The van der Waals surface area contributed by atoms with E-state index < -0.39 is 5.41 Å². The van der Waals surface area contributed by atoms with Crippen LogP contribution in [0, 0.1) is 0 Å². The van der Waals surface area contributed by atoms with Crippen LogP contribution in [0.1, 0.15) is 22.3 Å². The predicted molar refractivity (Wildman–Crippen MR) is 96.2 cm³/mol. The molecular formula is C19H17BrN2O2. The van der Waals surface area contributed by atoms with Crippen molar-refractivity contribution in [2.75, 3.05) is 25.0 Å². The first-order valence-corrected chi connectivity index (χ1v) is 8.75. The van der Waals surface area contributed by atoms with Gasteiger partial charge in [-0.2, -0.15) is 0 Å². The van der Waals surface area contributed by atoms with Gasteiger partial charge in [0.1, 0.15) is 0 Å². The van der Waals surface area contributed by atoms with E-state index >= 15 is 0 Å². The van der Waals surface area contributed by atoms with Crippen molar-refractivity contribution in [3.63, 3.8) is 0 Å². The Morgan fingerprint density at radius 2 is 1.96 bits per heavy atom.